The number of hydrogen-bond donors (Lipinski definition) is 8. The molecule has 0 radical (unpaired) electrons. The molecule has 2 heterocycles. The summed E-state index contributed by atoms with van der Waals surface area (Å²) in [5.74, 6) is 0. The van der Waals surface area contributed by atoms with Gasteiger partial charge in [0.2, 0.25) is 0 Å². The van der Waals surface area contributed by atoms with Gasteiger partial charge in [0, 0.05) is 0 Å². The van der Waals surface area contributed by atoms with Gasteiger partial charge in [-0.1, -0.05) is 0 Å². The lowest BCUT2D eigenvalue weighted by Gasteiger charge is -2.44. The van der Waals surface area contributed by atoms with E-state index in [9.17, 15) is 30.6 Å². The maximum absolute atomic E-state index is 9.84. The molecule has 0 saturated carbocycles. The van der Waals surface area contributed by atoms with Crippen LogP contribution < -0.4 is 0 Å². The van der Waals surface area contributed by atoms with Crippen molar-refractivity contribution in [3.8, 4) is 0 Å². The average molecular weight is 378 g/mol. The van der Waals surface area contributed by atoms with Gasteiger partial charge in [0.25, 0.3) is 0 Å². The fourth-order valence-electron chi connectivity index (χ4n) is 2.49. The van der Waals surface area contributed by atoms with E-state index in [1.165, 1.54) is 0 Å². The van der Waals surface area contributed by atoms with Crippen LogP contribution in [0, 0.1) is 0 Å². The Labute approximate surface area is 141 Å². The van der Waals surface area contributed by atoms with Gasteiger partial charge in [-0.3, -0.25) is 0 Å². The summed E-state index contributed by atoms with van der Waals surface area (Å²) in [6.45, 7) is -1.33. The Morgan fingerprint density at radius 3 is 1.16 bits per heavy atom. The van der Waals surface area contributed by atoms with Gasteiger partial charge in [0.1, 0.15) is 48.8 Å². The zero-order chi connectivity index (χ0) is 17.3. The number of hydrogen-bond acceptors (Lipinski definition) is 11. The molecule has 0 aromatic heterocycles. The fourth-order valence-corrected chi connectivity index (χ4v) is 2.49. The van der Waals surface area contributed by atoms with Crippen LogP contribution in [0.1, 0.15) is 0 Å². The monoisotopic (exact) mass is 378 g/mol. The topological polar surface area (TPSA) is 253 Å². The largest absolute Gasteiger partial charge is 0.412 e. The number of rotatable bonds is 4. The highest BCUT2D eigenvalue weighted by molar-refractivity contribution is 4.92. The van der Waals surface area contributed by atoms with Gasteiger partial charge in [-0.05, 0) is 0 Å². The van der Waals surface area contributed by atoms with Crippen molar-refractivity contribution in [1.29, 1.82) is 0 Å². The van der Waals surface area contributed by atoms with Gasteiger partial charge in [0.15, 0.2) is 12.6 Å². The molecular weight excluding hydrogens is 352 g/mol. The summed E-state index contributed by atoms with van der Waals surface area (Å²) < 4.78 is 15.3. The van der Waals surface area contributed by atoms with E-state index in [4.69, 9.17) is 24.4 Å². The smallest absolute Gasteiger partial charge is 0.189 e. The third-order valence-electron chi connectivity index (χ3n) is 3.97. The SMILES string of the molecule is O.O.OC[C@H]1O[C@H](O[C@H]2O[C@H](CO)[C@@H](O)[C@H](O)[C@H]2O)[C@@H](O)[C@@H](O)[C@@H]1O. The molecule has 0 aromatic rings. The van der Waals surface area contributed by atoms with E-state index >= 15 is 0 Å². The van der Waals surface area contributed by atoms with Gasteiger partial charge in [-0.15, -0.1) is 0 Å². The standard InChI is InChI=1S/C12H22O11.2H2O/c13-1-3-5(15)7(17)9(19)11(21-3)23-12-10(20)8(18)6(16)4(2-14)22-12;;/h3-20H,1-2H2;2*1H2/t3-,4-,5-,6-,7+,8+,9-,10+,11-,12-;;/m1../s1. The van der Waals surface area contributed by atoms with Crippen LogP contribution in [0.15, 0.2) is 0 Å². The van der Waals surface area contributed by atoms with Crippen molar-refractivity contribution < 1.29 is 66.0 Å². The van der Waals surface area contributed by atoms with E-state index in [0.29, 0.717) is 0 Å². The van der Waals surface area contributed by atoms with E-state index in [-0.39, 0.29) is 11.0 Å². The minimum absolute atomic E-state index is 0. The molecule has 2 aliphatic rings. The molecule has 13 nitrogen and oxygen atoms in total. The fraction of sp³-hybridized carbons (Fsp3) is 1.00. The zero-order valence-electron chi connectivity index (χ0n) is 13.0. The van der Waals surface area contributed by atoms with Crippen LogP contribution in [-0.2, 0) is 14.2 Å². The first kappa shape index (κ1) is 24.5. The van der Waals surface area contributed by atoms with Gasteiger partial charge in [0.05, 0.1) is 13.2 Å². The summed E-state index contributed by atoms with van der Waals surface area (Å²) in [5, 5.41) is 76.4. The average Bonchev–Trinajstić information content (AvgIpc) is 2.55. The minimum Gasteiger partial charge on any atom is -0.412 e. The normalized spacial score (nSPS) is 47.5. The van der Waals surface area contributed by atoms with Gasteiger partial charge in [-0.2, -0.15) is 0 Å². The molecule has 2 aliphatic heterocycles. The van der Waals surface area contributed by atoms with Gasteiger partial charge < -0.3 is 66.0 Å². The number of ether oxygens (including phenoxy) is 3. The third kappa shape index (κ3) is 4.81. The summed E-state index contributed by atoms with van der Waals surface area (Å²) in [6, 6.07) is 0. The molecule has 0 spiro atoms. The van der Waals surface area contributed by atoms with Crippen molar-refractivity contribution in [1.82, 2.24) is 0 Å². The highest BCUT2D eigenvalue weighted by Gasteiger charge is 2.49. The number of aliphatic hydroxyl groups is 8. The predicted molar refractivity (Wildman–Crippen MR) is 75.8 cm³/mol. The molecule has 2 fully saturated rings. The molecule has 0 bridgehead atoms. The molecule has 0 aromatic carbocycles. The molecule has 0 unspecified atom stereocenters. The second-order valence-corrected chi connectivity index (χ2v) is 5.53. The Morgan fingerprint density at radius 1 is 0.560 bits per heavy atom. The van der Waals surface area contributed by atoms with Crippen molar-refractivity contribution in [3.05, 3.63) is 0 Å². The molecular formula is C12H26O13. The van der Waals surface area contributed by atoms with Crippen molar-refractivity contribution >= 4 is 0 Å². The van der Waals surface area contributed by atoms with Crippen LogP contribution in [0.2, 0.25) is 0 Å². The summed E-state index contributed by atoms with van der Waals surface area (Å²) >= 11 is 0. The third-order valence-corrected chi connectivity index (χ3v) is 3.97. The molecule has 2 rings (SSSR count). The Hall–Kier alpha value is -0.520. The van der Waals surface area contributed by atoms with Crippen molar-refractivity contribution in [2.24, 2.45) is 0 Å². The van der Waals surface area contributed by atoms with E-state index in [1.54, 1.807) is 0 Å². The van der Waals surface area contributed by atoms with Crippen LogP contribution in [0.3, 0.4) is 0 Å². The van der Waals surface area contributed by atoms with Crippen LogP contribution in [0.5, 0.6) is 0 Å². The summed E-state index contributed by atoms with van der Waals surface area (Å²) in [6.07, 6.45) is -15.6. The maximum Gasteiger partial charge on any atom is 0.189 e. The molecule has 12 N–H and O–H groups in total. The first-order valence-corrected chi connectivity index (χ1v) is 7.08. The summed E-state index contributed by atoms with van der Waals surface area (Å²) in [5.41, 5.74) is 0. The summed E-state index contributed by atoms with van der Waals surface area (Å²) in [7, 11) is 0. The second-order valence-electron chi connectivity index (χ2n) is 5.53. The lowest BCUT2D eigenvalue weighted by molar-refractivity contribution is -0.376. The first-order chi connectivity index (χ1) is 10.8. The Bertz CT molecular complexity index is 346. The van der Waals surface area contributed by atoms with Crippen LogP contribution >= 0.6 is 0 Å². The molecule has 13 heteroatoms. The van der Waals surface area contributed by atoms with E-state index in [0.717, 1.165) is 0 Å². The molecule has 0 aliphatic carbocycles. The molecule has 25 heavy (non-hydrogen) atoms. The lowest BCUT2D eigenvalue weighted by atomic mass is 9.98. The van der Waals surface area contributed by atoms with Gasteiger partial charge >= 0.3 is 0 Å². The van der Waals surface area contributed by atoms with Crippen molar-refractivity contribution in [2.45, 2.75) is 61.4 Å². The van der Waals surface area contributed by atoms with Crippen LogP contribution in [0.25, 0.3) is 0 Å². The van der Waals surface area contributed by atoms with E-state index in [1.807, 2.05) is 0 Å². The zero-order valence-corrected chi connectivity index (χ0v) is 13.0. The Kier molecular flexibility index (Phi) is 9.77. The Morgan fingerprint density at radius 2 is 0.880 bits per heavy atom. The van der Waals surface area contributed by atoms with Crippen LogP contribution in [0.4, 0.5) is 0 Å². The predicted octanol–water partition coefficient (Wildman–Crippen LogP) is -7.05. The van der Waals surface area contributed by atoms with Gasteiger partial charge in [-0.25, -0.2) is 0 Å². The first-order valence-electron chi connectivity index (χ1n) is 7.08. The molecule has 10 atom stereocenters. The van der Waals surface area contributed by atoms with E-state index < -0.39 is 74.6 Å². The van der Waals surface area contributed by atoms with E-state index in [2.05, 4.69) is 0 Å². The van der Waals surface area contributed by atoms with Crippen LogP contribution in [-0.4, -0.2) is 126 Å². The Balaban J connectivity index is 0.00000288. The van der Waals surface area contributed by atoms with Crippen molar-refractivity contribution in [2.75, 3.05) is 13.2 Å². The summed E-state index contributed by atoms with van der Waals surface area (Å²) in [4.78, 5) is 0. The number of aliphatic hydroxyl groups excluding tert-OH is 8. The maximum atomic E-state index is 9.84. The highest BCUT2D eigenvalue weighted by Crippen LogP contribution is 2.27. The van der Waals surface area contributed by atoms with Crippen molar-refractivity contribution in [3.63, 3.8) is 0 Å². The quantitative estimate of drug-likeness (QED) is 0.228. The molecule has 0 amide bonds. The minimum atomic E-state index is -1.72. The lowest BCUT2D eigenvalue weighted by Crippen LogP contribution is -2.63. The second kappa shape index (κ2) is 9.98. The highest BCUT2D eigenvalue weighted by atomic mass is 16.8. The molecule has 2 saturated heterocycles. The molecule has 152 valence electrons.